The molecule has 0 aliphatic carbocycles. The lowest BCUT2D eigenvalue weighted by Gasteiger charge is -2.24. The minimum Gasteiger partial charge on any atom is -0.491 e. The van der Waals surface area contributed by atoms with Crippen LogP contribution in [0.2, 0.25) is 0 Å². The fourth-order valence-electron chi connectivity index (χ4n) is 3.86. The molecule has 162 valence electrons. The molecule has 0 radical (unpaired) electrons. The Morgan fingerprint density at radius 3 is 2.71 bits per heavy atom. The first-order chi connectivity index (χ1) is 15.0. The van der Waals surface area contributed by atoms with E-state index in [1.54, 1.807) is 6.07 Å². The number of benzene rings is 2. The second-order valence-corrected chi connectivity index (χ2v) is 7.83. The molecule has 2 heterocycles. The van der Waals surface area contributed by atoms with E-state index in [1.165, 1.54) is 37.1 Å². The van der Waals surface area contributed by atoms with Crippen LogP contribution in [0, 0.1) is 19.7 Å². The second-order valence-electron chi connectivity index (χ2n) is 7.83. The Hall–Kier alpha value is -3.19. The number of nitrogens with zero attached hydrogens (tertiary/aromatic N) is 1. The number of carbonyl (C=O) groups excluding carboxylic acids is 1. The molecule has 4 rings (SSSR count). The van der Waals surface area contributed by atoms with Crippen LogP contribution in [0.4, 0.5) is 10.1 Å². The van der Waals surface area contributed by atoms with Crippen molar-refractivity contribution in [2.75, 3.05) is 18.5 Å². The topological polar surface area (TPSA) is 76.4 Å². The van der Waals surface area contributed by atoms with E-state index in [0.717, 1.165) is 29.8 Å². The molecule has 31 heavy (non-hydrogen) atoms. The number of amides is 1. The summed E-state index contributed by atoms with van der Waals surface area (Å²) in [6.07, 6.45) is 3.49. The summed E-state index contributed by atoms with van der Waals surface area (Å²) in [5, 5.41) is 10.4. The van der Waals surface area contributed by atoms with E-state index in [4.69, 9.17) is 9.26 Å². The van der Waals surface area contributed by atoms with E-state index >= 15 is 0 Å². The molecular formula is C24H26FN3O3. The highest BCUT2D eigenvalue weighted by Gasteiger charge is 2.19. The van der Waals surface area contributed by atoms with E-state index in [9.17, 15) is 9.18 Å². The number of halogens is 1. The smallest absolute Gasteiger partial charge is 0.255 e. The number of ether oxygens (including phenoxy) is 1. The van der Waals surface area contributed by atoms with Crippen molar-refractivity contribution in [2.24, 2.45) is 0 Å². The van der Waals surface area contributed by atoms with Crippen LogP contribution in [0.15, 0.2) is 47.0 Å². The van der Waals surface area contributed by atoms with Crippen LogP contribution in [-0.4, -0.2) is 30.3 Å². The van der Waals surface area contributed by atoms with Crippen molar-refractivity contribution < 1.29 is 18.4 Å². The maximum Gasteiger partial charge on any atom is 0.255 e. The average molecular weight is 423 g/mol. The van der Waals surface area contributed by atoms with E-state index in [0.29, 0.717) is 35.4 Å². The van der Waals surface area contributed by atoms with Gasteiger partial charge in [0, 0.05) is 22.9 Å². The number of anilines is 1. The molecule has 7 heteroatoms. The normalized spacial score (nSPS) is 16.2. The molecule has 0 spiro atoms. The number of piperidine rings is 1. The Bertz CT molecular complexity index is 1040. The van der Waals surface area contributed by atoms with Crippen molar-refractivity contribution in [1.29, 1.82) is 0 Å². The van der Waals surface area contributed by atoms with Gasteiger partial charge in [0.2, 0.25) is 0 Å². The molecule has 1 unspecified atom stereocenters. The number of hydrogen-bond acceptors (Lipinski definition) is 5. The third-order valence-corrected chi connectivity index (χ3v) is 5.50. The summed E-state index contributed by atoms with van der Waals surface area (Å²) in [4.78, 5) is 12.6. The molecule has 1 amide bonds. The molecular weight excluding hydrogens is 397 g/mol. The number of aryl methyl sites for hydroxylation is 2. The number of rotatable bonds is 6. The summed E-state index contributed by atoms with van der Waals surface area (Å²) in [5.74, 6) is 0.692. The molecule has 2 N–H and O–H groups in total. The molecule has 0 saturated carbocycles. The van der Waals surface area contributed by atoms with Crippen LogP contribution in [-0.2, 0) is 0 Å². The molecule has 1 aliphatic heterocycles. The quantitative estimate of drug-likeness (QED) is 0.592. The third kappa shape index (κ3) is 4.94. The minimum absolute atomic E-state index is 0.315. The maximum absolute atomic E-state index is 13.1. The van der Waals surface area contributed by atoms with Gasteiger partial charge in [-0.2, -0.15) is 0 Å². The zero-order valence-corrected chi connectivity index (χ0v) is 17.7. The van der Waals surface area contributed by atoms with E-state index < -0.39 is 0 Å². The van der Waals surface area contributed by atoms with Crippen LogP contribution in [0.5, 0.6) is 5.75 Å². The number of aromatic nitrogens is 1. The fourth-order valence-corrected chi connectivity index (χ4v) is 3.86. The highest BCUT2D eigenvalue weighted by molar-refractivity contribution is 6.04. The van der Waals surface area contributed by atoms with E-state index in [1.807, 2.05) is 26.0 Å². The molecule has 1 fully saturated rings. The average Bonchev–Trinajstić information content (AvgIpc) is 3.11. The molecule has 1 aromatic heterocycles. The first-order valence-corrected chi connectivity index (χ1v) is 10.5. The molecule has 1 atom stereocenters. The summed E-state index contributed by atoms with van der Waals surface area (Å²) >= 11 is 0. The van der Waals surface area contributed by atoms with Gasteiger partial charge in [-0.25, -0.2) is 4.39 Å². The predicted molar refractivity (Wildman–Crippen MR) is 117 cm³/mol. The van der Waals surface area contributed by atoms with Crippen LogP contribution in [0.1, 0.15) is 41.1 Å². The van der Waals surface area contributed by atoms with Gasteiger partial charge in [-0.3, -0.25) is 4.79 Å². The van der Waals surface area contributed by atoms with E-state index in [-0.39, 0.29) is 11.7 Å². The zero-order valence-electron chi connectivity index (χ0n) is 17.7. The summed E-state index contributed by atoms with van der Waals surface area (Å²) in [6.45, 7) is 5.31. The van der Waals surface area contributed by atoms with Crippen LogP contribution >= 0.6 is 0 Å². The lowest BCUT2D eigenvalue weighted by Crippen LogP contribution is -2.38. The Kier molecular flexibility index (Phi) is 6.32. The van der Waals surface area contributed by atoms with Gasteiger partial charge in [0.1, 0.15) is 23.9 Å². The van der Waals surface area contributed by atoms with Crippen LogP contribution in [0.25, 0.3) is 11.1 Å². The van der Waals surface area contributed by atoms with Crippen molar-refractivity contribution in [3.63, 3.8) is 0 Å². The molecule has 3 aromatic rings. The van der Waals surface area contributed by atoms with Crippen LogP contribution < -0.4 is 15.4 Å². The van der Waals surface area contributed by atoms with Crippen molar-refractivity contribution in [3.8, 4) is 16.9 Å². The van der Waals surface area contributed by atoms with Crippen molar-refractivity contribution in [2.45, 2.75) is 39.2 Å². The van der Waals surface area contributed by atoms with Gasteiger partial charge in [0.25, 0.3) is 5.91 Å². The SMILES string of the molecule is Cc1noc(C)c1-c1cc(NC(=O)c2ccc(F)cc2)ccc1OCC1CCCCN1. The summed E-state index contributed by atoms with van der Waals surface area (Å²) in [7, 11) is 0. The standard InChI is InChI=1S/C24H26FN3O3/c1-15-23(16(2)31-28-15)21-13-19(27-24(29)17-6-8-18(25)9-7-17)10-11-22(21)30-14-20-5-3-4-12-26-20/h6-11,13,20,26H,3-5,12,14H2,1-2H3,(H,27,29). The highest BCUT2D eigenvalue weighted by Crippen LogP contribution is 2.37. The molecule has 2 aromatic carbocycles. The van der Waals surface area contributed by atoms with Gasteiger partial charge in [-0.15, -0.1) is 0 Å². The highest BCUT2D eigenvalue weighted by atomic mass is 19.1. The summed E-state index contributed by atoms with van der Waals surface area (Å²) < 4.78 is 24.7. The van der Waals surface area contributed by atoms with Crippen molar-refractivity contribution in [1.82, 2.24) is 10.5 Å². The Morgan fingerprint density at radius 1 is 1.23 bits per heavy atom. The fraction of sp³-hybridized carbons (Fsp3) is 0.333. The van der Waals surface area contributed by atoms with Gasteiger partial charge in [0.15, 0.2) is 0 Å². The largest absolute Gasteiger partial charge is 0.491 e. The maximum atomic E-state index is 13.1. The second kappa shape index (κ2) is 9.31. The number of nitrogens with one attached hydrogen (secondary N) is 2. The summed E-state index contributed by atoms with van der Waals surface area (Å²) in [6, 6.07) is 11.3. The minimum atomic E-state index is -0.383. The van der Waals surface area contributed by atoms with Gasteiger partial charge < -0.3 is 19.9 Å². The van der Waals surface area contributed by atoms with Gasteiger partial charge in [0.05, 0.1) is 11.3 Å². The summed E-state index contributed by atoms with van der Waals surface area (Å²) in [5.41, 5.74) is 3.39. The number of hydrogen-bond donors (Lipinski definition) is 2. The third-order valence-electron chi connectivity index (χ3n) is 5.50. The lowest BCUT2D eigenvalue weighted by atomic mass is 10.0. The molecule has 1 aliphatic rings. The zero-order chi connectivity index (χ0) is 21.8. The molecule has 1 saturated heterocycles. The van der Waals surface area contributed by atoms with E-state index in [2.05, 4.69) is 15.8 Å². The predicted octanol–water partition coefficient (Wildman–Crippen LogP) is 4.87. The van der Waals surface area contributed by atoms with Gasteiger partial charge in [-0.05, 0) is 75.7 Å². The first-order valence-electron chi connectivity index (χ1n) is 10.5. The van der Waals surface area contributed by atoms with Crippen LogP contribution in [0.3, 0.4) is 0 Å². The Labute approximate surface area is 180 Å². The molecule has 6 nitrogen and oxygen atoms in total. The Balaban J connectivity index is 1.60. The van der Waals surface area contributed by atoms with Gasteiger partial charge >= 0.3 is 0 Å². The lowest BCUT2D eigenvalue weighted by molar-refractivity contribution is 0.102. The van der Waals surface area contributed by atoms with Gasteiger partial charge in [-0.1, -0.05) is 11.6 Å². The van der Waals surface area contributed by atoms with Crippen molar-refractivity contribution >= 4 is 11.6 Å². The Morgan fingerprint density at radius 2 is 2.03 bits per heavy atom. The number of carbonyl (C=O) groups is 1. The monoisotopic (exact) mass is 423 g/mol. The van der Waals surface area contributed by atoms with Crippen molar-refractivity contribution in [3.05, 3.63) is 65.3 Å². The first kappa shape index (κ1) is 21.1. The molecule has 0 bridgehead atoms.